The monoisotopic (exact) mass is 1830 g/mol. The van der Waals surface area contributed by atoms with Crippen molar-refractivity contribution in [2.45, 2.75) is 195 Å². The summed E-state index contributed by atoms with van der Waals surface area (Å²) in [6.07, 6.45) is -0.968. The number of hydrogen-bond donors (Lipinski definition) is 41. The number of benzene rings is 1. The summed E-state index contributed by atoms with van der Waals surface area (Å²) in [7, 11) is 1.52. The molecule has 54 nitrogen and oxygen atoms in total. The second kappa shape index (κ2) is 64.0. The molecule has 12 amide bonds. The molecule has 11 atom stereocenters. The highest BCUT2D eigenvalue weighted by molar-refractivity contribution is 7.80. The fraction of sp³-hybridized carbons (Fsp3) is 0.616. The van der Waals surface area contributed by atoms with Crippen molar-refractivity contribution in [2.24, 2.45) is 57.3 Å². The first kappa shape index (κ1) is 112. The summed E-state index contributed by atoms with van der Waals surface area (Å²) in [6, 6.07) is -9.47. The van der Waals surface area contributed by atoms with Gasteiger partial charge in [0.2, 0.25) is 70.9 Å². The van der Waals surface area contributed by atoms with Crippen molar-refractivity contribution in [3.63, 3.8) is 0 Å². The van der Waals surface area contributed by atoms with Gasteiger partial charge in [0.15, 0.2) is 59.4 Å². The van der Waals surface area contributed by atoms with Gasteiger partial charge in [0.05, 0.1) is 12.6 Å². The van der Waals surface area contributed by atoms with E-state index in [1.807, 2.05) is 0 Å². The van der Waals surface area contributed by atoms with Crippen molar-refractivity contribution >= 4 is 143 Å². The molecule has 0 aliphatic heterocycles. The number of carbonyl (C=O) groups excluding carboxylic acids is 13. The van der Waals surface area contributed by atoms with Crippen molar-refractivity contribution in [2.75, 3.05) is 91.5 Å². The zero-order valence-electron chi connectivity index (χ0n) is 72.2. The molecule has 718 valence electrons. The van der Waals surface area contributed by atoms with Gasteiger partial charge in [-0.15, -0.1) is 0 Å². The molecule has 0 aliphatic rings. The van der Waals surface area contributed by atoms with Gasteiger partial charge in [-0.1, -0.05) is 24.3 Å². The summed E-state index contributed by atoms with van der Waals surface area (Å²) in [5, 5.41) is 124. The second-order valence-electron chi connectivity index (χ2n) is 29.2. The van der Waals surface area contributed by atoms with E-state index in [1.165, 1.54) is 14.0 Å². The van der Waals surface area contributed by atoms with Gasteiger partial charge in [-0.2, -0.15) is 12.6 Å². The van der Waals surface area contributed by atoms with Gasteiger partial charge in [0.1, 0.15) is 67.0 Å². The SMILES string of the molecule is CN[C@H](CCCNC(=N)N)C(=O)N[C@H](CCCNC(=N)N)C(=O)N[C@H](CCCNC(=N)N)C(=O)N[C@H](CCCNC(=N)N)C(=O)N[C@H](CCCNC(=N)N)C(=O)N[C@H](CCCNC(=N)N)C(=O)N[C@H](CCCNC(=N)N)C(=O)N[C@H](CCCNC(=N)N)C(=O)N[C@H](CCCNC(=N)N)C(=O)N[C@H](CS)C(=O)NCCOCC(=O)N[C@@H](Cc1ccc(C(C)=O)cc1)C(N)=O. The van der Waals surface area contributed by atoms with Crippen molar-refractivity contribution in [3.8, 4) is 0 Å². The van der Waals surface area contributed by atoms with Crippen molar-refractivity contribution < 1.29 is 67.1 Å². The predicted octanol–water partition coefficient (Wildman–Crippen LogP) is -12.2. The van der Waals surface area contributed by atoms with Crippen LogP contribution in [0.5, 0.6) is 0 Å². The largest absolute Gasteiger partial charge is 0.370 e. The lowest BCUT2D eigenvalue weighted by Gasteiger charge is -2.29. The molecule has 50 N–H and O–H groups in total. The predicted molar refractivity (Wildman–Crippen MR) is 482 cm³/mol. The maximum atomic E-state index is 15.1. The summed E-state index contributed by atoms with van der Waals surface area (Å²) in [5.41, 5.74) is 56.5. The minimum absolute atomic E-state index is 0.00196. The third-order valence-electron chi connectivity index (χ3n) is 18.7. The van der Waals surface area contributed by atoms with Crippen molar-refractivity contribution in [3.05, 3.63) is 35.4 Å². The number of nitrogens with one attached hydrogen (secondary N) is 30. The van der Waals surface area contributed by atoms with Crippen LogP contribution in [0.2, 0.25) is 0 Å². The van der Waals surface area contributed by atoms with Crippen LogP contribution in [0, 0.1) is 48.7 Å². The summed E-state index contributed by atoms with van der Waals surface area (Å²) in [5.74, 6) is -15.1. The van der Waals surface area contributed by atoms with E-state index in [0.717, 1.165) is 0 Å². The quantitative estimate of drug-likeness (QED) is 0.00947. The molecule has 0 fully saturated rings. The van der Waals surface area contributed by atoms with Crippen LogP contribution in [0.1, 0.15) is 138 Å². The highest BCUT2D eigenvalue weighted by atomic mass is 32.1. The number of ether oxygens (including phenoxy) is 1. The molecule has 55 heteroatoms. The minimum Gasteiger partial charge on any atom is -0.370 e. The van der Waals surface area contributed by atoms with Crippen LogP contribution in [-0.4, -0.2) is 288 Å². The average molecular weight is 1830 g/mol. The number of primary amides is 1. The first-order chi connectivity index (χ1) is 60.6. The van der Waals surface area contributed by atoms with Crippen LogP contribution in [0.3, 0.4) is 0 Å². The summed E-state index contributed by atoms with van der Waals surface area (Å²) in [4.78, 5) is 183. The number of ketones is 1. The molecule has 1 aromatic rings. The van der Waals surface area contributed by atoms with Crippen LogP contribution >= 0.6 is 12.6 Å². The molecule has 0 spiro atoms. The Morgan fingerprint density at radius 2 is 0.516 bits per heavy atom. The summed E-state index contributed by atoms with van der Waals surface area (Å²) >= 11 is 4.27. The second-order valence-corrected chi connectivity index (χ2v) is 29.6. The Balaban J connectivity index is 3.96. The van der Waals surface area contributed by atoms with E-state index in [1.54, 1.807) is 24.3 Å². The van der Waals surface area contributed by atoms with Gasteiger partial charge in [0.25, 0.3) is 0 Å². The Hall–Kier alpha value is -13.8. The third-order valence-corrected chi connectivity index (χ3v) is 19.0. The molecule has 0 unspecified atom stereocenters. The molecule has 0 bridgehead atoms. The van der Waals surface area contributed by atoms with E-state index in [0.29, 0.717) is 17.5 Å². The molecular weight excluding hydrogens is 1690 g/mol. The topological polar surface area (TPSA) is 959 Å². The minimum atomic E-state index is -1.64. The number of nitrogens with two attached hydrogens (primary N) is 10. The van der Waals surface area contributed by atoms with E-state index in [2.05, 4.69) is 124 Å². The average Bonchev–Trinajstić information content (AvgIpc) is 0.858. The Kier molecular flexibility index (Phi) is 56.2. The number of Topliss-reactive ketones (excluding diaryl/α,β-unsaturated/α-hetero) is 1. The first-order valence-electron chi connectivity index (χ1n) is 41.3. The number of hydrogen-bond acceptors (Lipinski definition) is 25. The number of thiol groups is 1. The molecule has 0 saturated carbocycles. The number of guanidine groups is 9. The third kappa shape index (κ3) is 52.1. The first-order valence-corrected chi connectivity index (χ1v) is 42.0. The molecule has 0 radical (unpaired) electrons. The summed E-state index contributed by atoms with van der Waals surface area (Å²) < 4.78 is 5.42. The highest BCUT2D eigenvalue weighted by Crippen LogP contribution is 2.14. The van der Waals surface area contributed by atoms with Crippen LogP contribution in [0.15, 0.2) is 24.3 Å². The van der Waals surface area contributed by atoms with Crippen LogP contribution < -0.4 is 169 Å². The lowest BCUT2D eigenvalue weighted by molar-refractivity contribution is -0.136. The molecule has 1 rings (SSSR count). The van der Waals surface area contributed by atoms with E-state index in [-0.39, 0.29) is 211 Å². The number of carbonyl (C=O) groups is 13. The number of likely N-dealkylation sites (N-methyl/N-ethyl adjacent to an activating group) is 1. The number of amides is 12. The lowest BCUT2D eigenvalue weighted by Crippen LogP contribution is -2.61. The smallest absolute Gasteiger partial charge is 0.246 e. The van der Waals surface area contributed by atoms with Crippen molar-refractivity contribution in [1.82, 2.24) is 112 Å². The Morgan fingerprint density at radius 3 is 0.719 bits per heavy atom. The Labute approximate surface area is 746 Å². The maximum Gasteiger partial charge on any atom is 0.246 e. The maximum absolute atomic E-state index is 15.1. The van der Waals surface area contributed by atoms with Gasteiger partial charge >= 0.3 is 0 Å². The van der Waals surface area contributed by atoms with Gasteiger partial charge in [0, 0.05) is 83.2 Å². The molecule has 0 aliphatic carbocycles. The number of rotatable bonds is 67. The standard InChI is InChI=1S/C73H136N40O14S/c1-39(114)41-23-21-40(22-24-41)36-51(54(74)116)104-53(115)37-127-35-34-94-55(117)52(38-128)113-64(126)50(20-11-33-103-73(91)92)112-63(125)49(19-10-32-102-72(89)90)111-62(124)48(18-9-31-101-71(87)88)110-61(123)47(17-8-30-100-70(85)86)109-60(122)46(16-7-29-99-69(83)84)108-59(121)45(15-6-28-98-68(81)82)107-58(120)44(14-5-27-97-67(79)80)106-57(119)43(13-4-26-96-66(77)78)105-56(118)42(93-2)12-3-25-95-65(75)76/h21-24,42-52,93,128H,3-20,25-38H2,1-2H3,(H2,74,116)(H,94,117)(H,104,115)(H,105,118)(H,106,119)(H,107,120)(H,108,121)(H,109,122)(H,110,123)(H,111,124)(H,112,125)(H,113,126)(H4,75,76,95)(H4,77,78,96)(H4,79,80,97)(H4,81,82,98)(H4,83,84,99)(H4,85,86,100)(H4,87,88,101)(H4,89,90,102)(H4,91,92,103)/t42-,43-,44-,45-,46-,47-,48-,49-,50-,51+,52-/m1/s1. The van der Waals surface area contributed by atoms with Crippen LogP contribution in [0.25, 0.3) is 0 Å². The normalized spacial score (nSPS) is 13.3. The van der Waals surface area contributed by atoms with E-state index in [9.17, 15) is 52.7 Å². The Morgan fingerprint density at radius 1 is 0.297 bits per heavy atom. The lowest BCUT2D eigenvalue weighted by atomic mass is 10.0. The molecule has 128 heavy (non-hydrogen) atoms. The fourth-order valence-electron chi connectivity index (χ4n) is 12.1. The van der Waals surface area contributed by atoms with Gasteiger partial charge < -0.3 is 174 Å². The van der Waals surface area contributed by atoms with Gasteiger partial charge in [-0.05, 0) is 135 Å². The molecular formula is C73H136N40O14S. The molecule has 0 saturated heterocycles. The molecule has 0 aromatic heterocycles. The zero-order chi connectivity index (χ0) is 96.2. The highest BCUT2D eigenvalue weighted by Gasteiger charge is 2.37. The zero-order valence-corrected chi connectivity index (χ0v) is 73.1. The molecule has 0 heterocycles. The van der Waals surface area contributed by atoms with E-state index < -0.39 is 186 Å². The van der Waals surface area contributed by atoms with E-state index >= 15 is 9.59 Å². The van der Waals surface area contributed by atoms with Crippen LogP contribution in [0.4, 0.5) is 0 Å². The summed E-state index contributed by atoms with van der Waals surface area (Å²) in [6.45, 7) is 0.448. The molecule has 1 aromatic carbocycles. The Bertz CT molecular complexity index is 3870. The van der Waals surface area contributed by atoms with Gasteiger partial charge in [-0.3, -0.25) is 111 Å². The fourth-order valence-corrected chi connectivity index (χ4v) is 12.3. The van der Waals surface area contributed by atoms with Crippen LogP contribution in [-0.2, 0) is 68.7 Å². The van der Waals surface area contributed by atoms with Crippen molar-refractivity contribution in [1.29, 1.82) is 48.7 Å². The van der Waals surface area contributed by atoms with E-state index in [4.69, 9.17) is 111 Å². The van der Waals surface area contributed by atoms with Gasteiger partial charge in [-0.25, -0.2) is 0 Å².